The molecule has 0 aliphatic heterocycles. The standard InChI is InChI=1S/C15H21N3O4/c1-4-18(5-2)12-8-6-11(7-9-12)14(20)22-10(3)13(19)17-15(16)21/h6-10H,4-5H2,1-3H3,(H3,16,17,19,21)/t10-/m1/s1. The number of esters is 1. The van der Waals surface area contributed by atoms with Crippen LogP contribution < -0.4 is 16.0 Å². The molecule has 0 saturated heterocycles. The first-order valence-corrected chi connectivity index (χ1v) is 7.05. The number of ether oxygens (including phenoxy) is 1. The predicted molar refractivity (Wildman–Crippen MR) is 82.6 cm³/mol. The fraction of sp³-hybridized carbons (Fsp3) is 0.400. The largest absolute Gasteiger partial charge is 0.449 e. The SMILES string of the molecule is CCN(CC)c1ccc(C(=O)O[C@H](C)C(=O)NC(N)=O)cc1. The van der Waals surface area contributed by atoms with Crippen LogP contribution in [0.25, 0.3) is 0 Å². The number of hydrogen-bond donors (Lipinski definition) is 2. The second-order valence-corrected chi connectivity index (χ2v) is 4.62. The van der Waals surface area contributed by atoms with Crippen LogP contribution in [0.15, 0.2) is 24.3 Å². The quantitative estimate of drug-likeness (QED) is 0.771. The maximum atomic E-state index is 11.9. The third kappa shape index (κ3) is 4.76. The Balaban J connectivity index is 2.70. The molecule has 0 heterocycles. The van der Waals surface area contributed by atoms with Gasteiger partial charge in [0.1, 0.15) is 0 Å². The van der Waals surface area contributed by atoms with Gasteiger partial charge in [0, 0.05) is 18.8 Å². The number of carbonyl (C=O) groups is 3. The number of rotatable bonds is 6. The lowest BCUT2D eigenvalue weighted by atomic mass is 10.2. The zero-order chi connectivity index (χ0) is 16.7. The maximum absolute atomic E-state index is 11.9. The van der Waals surface area contributed by atoms with Crippen LogP contribution in [0.5, 0.6) is 0 Å². The summed E-state index contributed by atoms with van der Waals surface area (Å²) >= 11 is 0. The van der Waals surface area contributed by atoms with Gasteiger partial charge in [-0.2, -0.15) is 0 Å². The van der Waals surface area contributed by atoms with Crippen LogP contribution in [-0.2, 0) is 9.53 Å². The van der Waals surface area contributed by atoms with E-state index < -0.39 is 24.0 Å². The van der Waals surface area contributed by atoms with E-state index >= 15 is 0 Å². The highest BCUT2D eigenvalue weighted by molar-refractivity contribution is 5.98. The molecule has 0 saturated carbocycles. The summed E-state index contributed by atoms with van der Waals surface area (Å²) < 4.78 is 4.98. The molecule has 3 amide bonds. The summed E-state index contributed by atoms with van der Waals surface area (Å²) in [5, 5.41) is 1.85. The van der Waals surface area contributed by atoms with Gasteiger partial charge in [0.15, 0.2) is 6.10 Å². The lowest BCUT2D eigenvalue weighted by Crippen LogP contribution is -2.42. The number of primary amides is 1. The van der Waals surface area contributed by atoms with Crippen molar-refractivity contribution < 1.29 is 19.1 Å². The monoisotopic (exact) mass is 307 g/mol. The van der Waals surface area contributed by atoms with E-state index in [-0.39, 0.29) is 0 Å². The molecule has 7 heteroatoms. The van der Waals surface area contributed by atoms with Crippen LogP contribution >= 0.6 is 0 Å². The van der Waals surface area contributed by atoms with E-state index in [1.54, 1.807) is 12.1 Å². The van der Waals surface area contributed by atoms with Gasteiger partial charge in [-0.15, -0.1) is 0 Å². The molecule has 0 radical (unpaired) electrons. The first-order chi connectivity index (χ1) is 10.4. The average Bonchev–Trinajstić information content (AvgIpc) is 2.48. The number of carbonyl (C=O) groups excluding carboxylic acids is 3. The summed E-state index contributed by atoms with van der Waals surface area (Å²) in [7, 11) is 0. The molecule has 0 aromatic heterocycles. The van der Waals surface area contributed by atoms with Gasteiger partial charge in [0.05, 0.1) is 5.56 Å². The molecule has 1 rings (SSSR count). The molecule has 1 atom stereocenters. The van der Waals surface area contributed by atoms with Crippen LogP contribution in [0.4, 0.5) is 10.5 Å². The van der Waals surface area contributed by atoms with Crippen molar-refractivity contribution in [3.05, 3.63) is 29.8 Å². The lowest BCUT2D eigenvalue weighted by Gasteiger charge is -2.21. The molecule has 1 aromatic carbocycles. The van der Waals surface area contributed by atoms with Gasteiger partial charge >= 0.3 is 12.0 Å². The molecular weight excluding hydrogens is 286 g/mol. The Bertz CT molecular complexity index is 538. The highest BCUT2D eigenvalue weighted by atomic mass is 16.5. The Labute approximate surface area is 129 Å². The van der Waals surface area contributed by atoms with Gasteiger partial charge in [-0.1, -0.05) is 0 Å². The Morgan fingerprint density at radius 3 is 2.18 bits per heavy atom. The molecule has 0 spiro atoms. The second kappa shape index (κ2) is 8.02. The molecule has 7 nitrogen and oxygen atoms in total. The van der Waals surface area contributed by atoms with E-state index in [0.717, 1.165) is 18.8 Å². The van der Waals surface area contributed by atoms with Crippen LogP contribution in [0.1, 0.15) is 31.1 Å². The average molecular weight is 307 g/mol. The van der Waals surface area contributed by atoms with Crippen molar-refractivity contribution in [3.63, 3.8) is 0 Å². The summed E-state index contributed by atoms with van der Waals surface area (Å²) in [5.41, 5.74) is 6.16. The van der Waals surface area contributed by atoms with Gasteiger partial charge in [0.25, 0.3) is 5.91 Å². The summed E-state index contributed by atoms with van der Waals surface area (Å²) in [6.45, 7) is 7.19. The Kier molecular flexibility index (Phi) is 6.37. The van der Waals surface area contributed by atoms with Crippen LogP contribution in [0, 0.1) is 0 Å². The number of hydrogen-bond acceptors (Lipinski definition) is 5. The van der Waals surface area contributed by atoms with E-state index in [1.165, 1.54) is 6.92 Å². The Morgan fingerprint density at radius 1 is 1.18 bits per heavy atom. The van der Waals surface area contributed by atoms with Gasteiger partial charge in [-0.25, -0.2) is 9.59 Å². The van der Waals surface area contributed by atoms with E-state index in [0.29, 0.717) is 5.56 Å². The van der Waals surface area contributed by atoms with E-state index in [4.69, 9.17) is 10.5 Å². The smallest absolute Gasteiger partial charge is 0.338 e. The Hall–Kier alpha value is -2.57. The molecule has 22 heavy (non-hydrogen) atoms. The zero-order valence-electron chi connectivity index (χ0n) is 13.0. The highest BCUT2D eigenvalue weighted by Crippen LogP contribution is 2.15. The van der Waals surface area contributed by atoms with Gasteiger partial charge < -0.3 is 15.4 Å². The first kappa shape index (κ1) is 17.5. The first-order valence-electron chi connectivity index (χ1n) is 7.05. The number of nitrogens with one attached hydrogen (secondary N) is 1. The van der Waals surface area contributed by atoms with E-state index in [2.05, 4.69) is 4.90 Å². The van der Waals surface area contributed by atoms with Crippen molar-refractivity contribution in [2.24, 2.45) is 5.73 Å². The number of amides is 3. The predicted octanol–water partition coefficient (Wildman–Crippen LogP) is 1.27. The number of anilines is 1. The van der Waals surface area contributed by atoms with Crippen molar-refractivity contribution in [2.75, 3.05) is 18.0 Å². The number of nitrogens with zero attached hydrogens (tertiary/aromatic N) is 1. The fourth-order valence-electron chi connectivity index (χ4n) is 1.90. The molecule has 0 aliphatic carbocycles. The Morgan fingerprint density at radius 2 is 1.73 bits per heavy atom. The molecular formula is C15H21N3O4. The lowest BCUT2D eigenvalue weighted by molar-refractivity contribution is -0.127. The normalized spacial score (nSPS) is 11.4. The molecule has 0 fully saturated rings. The maximum Gasteiger partial charge on any atom is 0.338 e. The number of nitrogens with two attached hydrogens (primary N) is 1. The number of imide groups is 1. The third-order valence-electron chi connectivity index (χ3n) is 3.13. The van der Waals surface area contributed by atoms with Crippen LogP contribution in [-0.4, -0.2) is 37.1 Å². The van der Waals surface area contributed by atoms with Gasteiger partial charge in [-0.05, 0) is 45.0 Å². The van der Waals surface area contributed by atoms with Crippen molar-refractivity contribution >= 4 is 23.6 Å². The molecule has 3 N–H and O–H groups in total. The van der Waals surface area contributed by atoms with Crippen LogP contribution in [0.2, 0.25) is 0 Å². The summed E-state index contributed by atoms with van der Waals surface area (Å²) in [6, 6.07) is 5.91. The van der Waals surface area contributed by atoms with E-state index in [1.807, 2.05) is 31.3 Å². The molecule has 1 aromatic rings. The molecule has 120 valence electrons. The summed E-state index contributed by atoms with van der Waals surface area (Å²) in [4.78, 5) is 36.1. The summed E-state index contributed by atoms with van der Waals surface area (Å²) in [6.07, 6.45) is -1.11. The van der Waals surface area contributed by atoms with E-state index in [9.17, 15) is 14.4 Å². The zero-order valence-corrected chi connectivity index (χ0v) is 13.0. The van der Waals surface area contributed by atoms with Crippen molar-refractivity contribution in [1.82, 2.24) is 5.32 Å². The fourth-order valence-corrected chi connectivity index (χ4v) is 1.90. The second-order valence-electron chi connectivity index (χ2n) is 4.62. The van der Waals surface area contributed by atoms with Gasteiger partial charge in [-0.3, -0.25) is 10.1 Å². The number of benzene rings is 1. The number of urea groups is 1. The summed E-state index contributed by atoms with van der Waals surface area (Å²) in [5.74, 6) is -1.40. The minimum atomic E-state index is -1.11. The van der Waals surface area contributed by atoms with Crippen LogP contribution in [0.3, 0.4) is 0 Å². The molecule has 0 aliphatic rings. The van der Waals surface area contributed by atoms with Crippen molar-refractivity contribution in [1.29, 1.82) is 0 Å². The van der Waals surface area contributed by atoms with Crippen molar-refractivity contribution in [2.45, 2.75) is 26.9 Å². The third-order valence-corrected chi connectivity index (χ3v) is 3.13. The molecule has 0 bridgehead atoms. The highest BCUT2D eigenvalue weighted by Gasteiger charge is 2.20. The van der Waals surface area contributed by atoms with Crippen molar-refractivity contribution in [3.8, 4) is 0 Å². The topological polar surface area (TPSA) is 102 Å². The minimum absolute atomic E-state index is 0.328. The molecule has 0 unspecified atom stereocenters. The minimum Gasteiger partial charge on any atom is -0.449 e. The van der Waals surface area contributed by atoms with Gasteiger partial charge in [0.2, 0.25) is 0 Å².